The van der Waals surface area contributed by atoms with E-state index in [-0.39, 0.29) is 23.0 Å². The minimum Gasteiger partial charge on any atom is -0.323 e. The zero-order valence-corrected chi connectivity index (χ0v) is 14.0. The molecule has 1 rings (SSSR count). The molecule has 0 saturated heterocycles. The molecule has 0 spiro atoms. The normalized spacial score (nSPS) is 14.6. The molecule has 1 unspecified atom stereocenters. The minimum atomic E-state index is -3.05. The van der Waals surface area contributed by atoms with E-state index < -0.39 is 9.84 Å². The lowest BCUT2D eigenvalue weighted by Crippen LogP contribution is -2.17. The van der Waals surface area contributed by atoms with Crippen LogP contribution in [0.25, 0.3) is 0 Å². The number of hydrogen-bond acceptors (Lipinski definition) is 5. The standard InChI is InChI=1S/C13H24N2O2S2/c1-6-7-19(16,17)8-10-15-12(13(3,4)5)11(18-10)9(2)14/h9H,6-8,14H2,1-5H3. The van der Waals surface area contributed by atoms with Gasteiger partial charge in [-0.05, 0) is 13.3 Å². The van der Waals surface area contributed by atoms with Gasteiger partial charge >= 0.3 is 0 Å². The average molecular weight is 304 g/mol. The maximum atomic E-state index is 11.9. The quantitative estimate of drug-likeness (QED) is 0.908. The van der Waals surface area contributed by atoms with Crippen molar-refractivity contribution in [2.45, 2.75) is 58.2 Å². The summed E-state index contributed by atoms with van der Waals surface area (Å²) >= 11 is 1.43. The molecule has 0 aliphatic rings. The smallest absolute Gasteiger partial charge is 0.156 e. The third-order valence-corrected chi connectivity index (χ3v) is 5.86. The molecular weight excluding hydrogens is 280 g/mol. The Bertz CT molecular complexity index is 525. The molecule has 0 amide bonds. The molecule has 1 heterocycles. The van der Waals surface area contributed by atoms with Gasteiger partial charge in [0.15, 0.2) is 9.84 Å². The van der Waals surface area contributed by atoms with Crippen LogP contribution >= 0.6 is 11.3 Å². The third kappa shape index (κ3) is 4.54. The lowest BCUT2D eigenvalue weighted by Gasteiger charge is -2.18. The van der Waals surface area contributed by atoms with E-state index >= 15 is 0 Å². The van der Waals surface area contributed by atoms with E-state index in [1.165, 1.54) is 11.3 Å². The highest BCUT2D eigenvalue weighted by atomic mass is 32.2. The third-order valence-electron chi connectivity index (χ3n) is 2.68. The van der Waals surface area contributed by atoms with Gasteiger partial charge in [0.25, 0.3) is 0 Å². The number of hydrogen-bond donors (Lipinski definition) is 1. The highest BCUT2D eigenvalue weighted by Gasteiger charge is 2.26. The number of thiazole rings is 1. The van der Waals surface area contributed by atoms with Gasteiger partial charge in [0.2, 0.25) is 0 Å². The summed E-state index contributed by atoms with van der Waals surface area (Å²) in [5, 5.41) is 0.658. The molecule has 0 aliphatic heterocycles. The van der Waals surface area contributed by atoms with Crippen molar-refractivity contribution in [2.75, 3.05) is 5.75 Å². The molecule has 0 aromatic carbocycles. The minimum absolute atomic E-state index is 0.0291. The van der Waals surface area contributed by atoms with Gasteiger partial charge in [0, 0.05) is 16.3 Å². The molecule has 2 N–H and O–H groups in total. The monoisotopic (exact) mass is 304 g/mol. The molecule has 1 atom stereocenters. The maximum absolute atomic E-state index is 11.9. The molecule has 110 valence electrons. The summed E-state index contributed by atoms with van der Waals surface area (Å²) in [6.45, 7) is 9.98. The van der Waals surface area contributed by atoms with E-state index in [4.69, 9.17) is 5.73 Å². The first-order chi connectivity index (χ1) is 8.57. The zero-order chi connectivity index (χ0) is 14.8. The van der Waals surface area contributed by atoms with Crippen LogP contribution in [0.3, 0.4) is 0 Å². The van der Waals surface area contributed by atoms with Gasteiger partial charge in [-0.15, -0.1) is 11.3 Å². The molecule has 0 bridgehead atoms. The Balaban J connectivity index is 3.13. The van der Waals surface area contributed by atoms with Crippen LogP contribution in [0.15, 0.2) is 0 Å². The largest absolute Gasteiger partial charge is 0.323 e. The van der Waals surface area contributed by atoms with E-state index in [1.807, 2.05) is 13.8 Å². The summed E-state index contributed by atoms with van der Waals surface area (Å²) in [6.07, 6.45) is 0.639. The predicted octanol–water partition coefficient (Wildman–Crippen LogP) is 2.79. The summed E-state index contributed by atoms with van der Waals surface area (Å²) in [5.41, 5.74) is 6.77. The summed E-state index contributed by atoms with van der Waals surface area (Å²) in [6, 6.07) is -0.116. The van der Waals surface area contributed by atoms with Crippen LogP contribution < -0.4 is 5.73 Å². The van der Waals surface area contributed by atoms with Crippen LogP contribution in [-0.4, -0.2) is 19.2 Å². The second-order valence-corrected chi connectivity index (χ2v) is 9.25. The van der Waals surface area contributed by atoms with Crippen molar-refractivity contribution in [2.24, 2.45) is 5.73 Å². The second-order valence-electron chi connectivity index (χ2n) is 5.95. The van der Waals surface area contributed by atoms with Crippen LogP contribution in [-0.2, 0) is 21.0 Å². The van der Waals surface area contributed by atoms with Crippen LogP contribution in [0, 0.1) is 0 Å². The molecule has 0 fully saturated rings. The summed E-state index contributed by atoms with van der Waals surface area (Å²) in [7, 11) is -3.05. The molecule has 1 aromatic rings. The highest BCUT2D eigenvalue weighted by molar-refractivity contribution is 7.90. The van der Waals surface area contributed by atoms with E-state index in [0.29, 0.717) is 11.4 Å². The van der Waals surface area contributed by atoms with E-state index in [0.717, 1.165) is 10.6 Å². The average Bonchev–Trinajstić information content (AvgIpc) is 2.59. The zero-order valence-electron chi connectivity index (χ0n) is 12.4. The number of nitrogens with zero attached hydrogens (tertiary/aromatic N) is 1. The maximum Gasteiger partial charge on any atom is 0.156 e. The molecule has 6 heteroatoms. The summed E-state index contributed by atoms with van der Waals surface area (Å²) in [5.74, 6) is 0.242. The SMILES string of the molecule is CCCS(=O)(=O)Cc1nc(C(C)(C)C)c(C(C)N)s1. The first-order valence-corrected chi connectivity index (χ1v) is 9.16. The van der Waals surface area contributed by atoms with Crippen molar-refractivity contribution < 1.29 is 8.42 Å². The molecule has 0 saturated carbocycles. The van der Waals surface area contributed by atoms with Crippen molar-refractivity contribution in [3.05, 3.63) is 15.6 Å². The lowest BCUT2D eigenvalue weighted by molar-refractivity contribution is 0.558. The van der Waals surface area contributed by atoms with Crippen LogP contribution in [0.4, 0.5) is 0 Å². The fourth-order valence-corrected chi connectivity index (χ4v) is 4.86. The van der Waals surface area contributed by atoms with Gasteiger partial charge in [0.05, 0.1) is 11.4 Å². The first-order valence-electron chi connectivity index (χ1n) is 6.53. The van der Waals surface area contributed by atoms with Crippen LogP contribution in [0.2, 0.25) is 0 Å². The van der Waals surface area contributed by atoms with Gasteiger partial charge in [-0.3, -0.25) is 0 Å². The Kier molecular flexibility index (Phi) is 5.15. The number of sulfone groups is 1. The lowest BCUT2D eigenvalue weighted by atomic mass is 9.90. The highest BCUT2D eigenvalue weighted by Crippen LogP contribution is 2.33. The Morgan fingerprint density at radius 1 is 1.37 bits per heavy atom. The fraction of sp³-hybridized carbons (Fsp3) is 0.769. The van der Waals surface area contributed by atoms with E-state index in [2.05, 4.69) is 25.8 Å². The number of rotatable bonds is 5. The van der Waals surface area contributed by atoms with Crippen molar-refractivity contribution in [1.29, 1.82) is 0 Å². The van der Waals surface area contributed by atoms with E-state index in [9.17, 15) is 8.42 Å². The topological polar surface area (TPSA) is 73.0 Å². The Hall–Kier alpha value is -0.460. The number of aromatic nitrogens is 1. The van der Waals surface area contributed by atoms with Crippen LogP contribution in [0.1, 0.15) is 62.7 Å². The van der Waals surface area contributed by atoms with Crippen molar-refractivity contribution in [3.8, 4) is 0 Å². The molecular formula is C13H24N2O2S2. The van der Waals surface area contributed by atoms with Crippen molar-refractivity contribution in [1.82, 2.24) is 4.98 Å². The summed E-state index contributed by atoms with van der Waals surface area (Å²) < 4.78 is 23.8. The second kappa shape index (κ2) is 5.89. The number of nitrogens with two attached hydrogens (primary N) is 1. The predicted molar refractivity (Wildman–Crippen MR) is 81.2 cm³/mol. The fourth-order valence-electron chi connectivity index (χ4n) is 1.86. The first kappa shape index (κ1) is 16.6. The van der Waals surface area contributed by atoms with Crippen LogP contribution in [0.5, 0.6) is 0 Å². The van der Waals surface area contributed by atoms with Gasteiger partial charge < -0.3 is 5.73 Å². The molecule has 19 heavy (non-hydrogen) atoms. The molecule has 0 aliphatic carbocycles. The molecule has 4 nitrogen and oxygen atoms in total. The van der Waals surface area contributed by atoms with Gasteiger partial charge in [-0.2, -0.15) is 0 Å². The Morgan fingerprint density at radius 3 is 2.32 bits per heavy atom. The van der Waals surface area contributed by atoms with Gasteiger partial charge in [0.1, 0.15) is 10.8 Å². The van der Waals surface area contributed by atoms with Crippen molar-refractivity contribution >= 4 is 21.2 Å². The van der Waals surface area contributed by atoms with Gasteiger partial charge in [-0.25, -0.2) is 13.4 Å². The molecule has 0 radical (unpaired) electrons. The molecule has 1 aromatic heterocycles. The summed E-state index contributed by atoms with van der Waals surface area (Å²) in [4.78, 5) is 5.52. The Labute approximate surface area is 120 Å². The Morgan fingerprint density at radius 2 is 1.95 bits per heavy atom. The van der Waals surface area contributed by atoms with E-state index in [1.54, 1.807) is 0 Å². The van der Waals surface area contributed by atoms with Gasteiger partial charge in [-0.1, -0.05) is 27.7 Å². The van der Waals surface area contributed by atoms with Crippen molar-refractivity contribution in [3.63, 3.8) is 0 Å².